The van der Waals surface area contributed by atoms with Crippen LogP contribution in [-0.2, 0) is 12.1 Å². The maximum atomic E-state index is 11.0. The molecule has 1 aliphatic rings. The highest BCUT2D eigenvalue weighted by Gasteiger charge is 2.41. The smallest absolute Gasteiger partial charge is 0.108 e. The van der Waals surface area contributed by atoms with Crippen LogP contribution in [-0.4, -0.2) is 14.9 Å². The molecule has 0 radical (unpaired) electrons. The molecule has 0 saturated heterocycles. The summed E-state index contributed by atoms with van der Waals surface area (Å²) in [5.41, 5.74) is 0.0178. The number of nitrogens with zero attached hydrogens (tertiary/aromatic N) is 2. The van der Waals surface area contributed by atoms with Gasteiger partial charge in [0.25, 0.3) is 0 Å². The number of aryl methyl sites for hydroxylation is 1. The average Bonchev–Trinajstić information content (AvgIpc) is 2.58. The summed E-state index contributed by atoms with van der Waals surface area (Å²) < 4.78 is 1.88. The maximum absolute atomic E-state index is 11.0. The molecule has 1 aromatic rings. The topological polar surface area (TPSA) is 38.0 Å². The van der Waals surface area contributed by atoms with Crippen molar-refractivity contribution >= 4 is 11.6 Å². The Kier molecular flexibility index (Phi) is 4.02. The first kappa shape index (κ1) is 13.9. The van der Waals surface area contributed by atoms with Gasteiger partial charge in [-0.3, -0.25) is 4.68 Å². The van der Waals surface area contributed by atoms with Crippen LogP contribution in [0.5, 0.6) is 0 Å². The van der Waals surface area contributed by atoms with E-state index in [0.29, 0.717) is 16.9 Å². The van der Waals surface area contributed by atoms with Crippen LogP contribution in [0.2, 0.25) is 5.02 Å². The average molecular weight is 271 g/mol. The zero-order chi connectivity index (χ0) is 13.3. The van der Waals surface area contributed by atoms with Crippen LogP contribution in [0.15, 0.2) is 6.20 Å². The zero-order valence-corrected chi connectivity index (χ0v) is 12.2. The van der Waals surface area contributed by atoms with E-state index in [9.17, 15) is 5.11 Å². The highest BCUT2D eigenvalue weighted by atomic mass is 35.5. The summed E-state index contributed by atoms with van der Waals surface area (Å²) in [5.74, 6) is 1.06. The molecular formula is C14H23ClN2O. The lowest BCUT2D eigenvalue weighted by Gasteiger charge is -2.39. The Hall–Kier alpha value is -0.540. The van der Waals surface area contributed by atoms with Crippen LogP contribution < -0.4 is 0 Å². The van der Waals surface area contributed by atoms with Gasteiger partial charge in [-0.25, -0.2) is 0 Å². The molecule has 102 valence electrons. The van der Waals surface area contributed by atoms with E-state index in [-0.39, 0.29) is 0 Å². The number of aliphatic hydroxyl groups is 1. The van der Waals surface area contributed by atoms with Gasteiger partial charge in [-0.15, -0.1) is 0 Å². The van der Waals surface area contributed by atoms with Crippen LogP contribution in [0.25, 0.3) is 0 Å². The molecule has 0 spiro atoms. The van der Waals surface area contributed by atoms with E-state index in [1.807, 2.05) is 4.68 Å². The van der Waals surface area contributed by atoms with Crippen molar-refractivity contribution in [2.24, 2.45) is 11.8 Å². The molecule has 2 rings (SSSR count). The second-order valence-electron chi connectivity index (χ2n) is 5.95. The van der Waals surface area contributed by atoms with Crippen molar-refractivity contribution < 1.29 is 5.11 Å². The molecule has 18 heavy (non-hydrogen) atoms. The normalized spacial score (nSPS) is 32.7. The Bertz CT molecular complexity index is 406. The summed E-state index contributed by atoms with van der Waals surface area (Å²) in [7, 11) is 0. The number of halogens is 1. The van der Waals surface area contributed by atoms with Crippen molar-refractivity contribution in [3.63, 3.8) is 0 Å². The fourth-order valence-electron chi connectivity index (χ4n) is 3.49. The lowest BCUT2D eigenvalue weighted by molar-refractivity contribution is -0.0431. The fourth-order valence-corrected chi connectivity index (χ4v) is 3.81. The van der Waals surface area contributed by atoms with Crippen molar-refractivity contribution in [3.05, 3.63) is 16.9 Å². The Labute approximate surface area is 114 Å². The zero-order valence-electron chi connectivity index (χ0n) is 11.5. The predicted octanol–water partition coefficient (Wildman–Crippen LogP) is 3.59. The lowest BCUT2D eigenvalue weighted by atomic mass is 9.72. The van der Waals surface area contributed by atoms with Gasteiger partial charge >= 0.3 is 0 Å². The molecule has 1 aromatic heterocycles. The molecule has 3 nitrogen and oxygen atoms in total. The highest BCUT2D eigenvalue weighted by Crippen LogP contribution is 2.44. The molecule has 2 unspecified atom stereocenters. The number of aromatic nitrogens is 2. The molecule has 0 bridgehead atoms. The fraction of sp³-hybridized carbons (Fsp3) is 0.786. The van der Waals surface area contributed by atoms with Gasteiger partial charge < -0.3 is 5.11 Å². The Morgan fingerprint density at radius 2 is 2.06 bits per heavy atom. The van der Waals surface area contributed by atoms with Crippen LogP contribution in [0, 0.1) is 11.8 Å². The monoisotopic (exact) mass is 270 g/mol. The largest absolute Gasteiger partial charge is 0.383 e. The standard InChI is InChI=1S/C14H23ClN2O/c1-4-5-17-13(12(15)9-16-17)14(18)7-10(2)6-11(3)8-14/h9-11,18H,4-8H2,1-3H3. The Balaban J connectivity index is 2.36. The molecule has 1 fully saturated rings. The summed E-state index contributed by atoms with van der Waals surface area (Å²) in [6.45, 7) is 7.33. The molecule has 1 N–H and O–H groups in total. The van der Waals surface area contributed by atoms with Gasteiger partial charge in [0.1, 0.15) is 5.60 Å². The van der Waals surface area contributed by atoms with Gasteiger partial charge in [0.2, 0.25) is 0 Å². The predicted molar refractivity (Wildman–Crippen MR) is 73.6 cm³/mol. The van der Waals surface area contributed by atoms with E-state index in [0.717, 1.165) is 31.5 Å². The van der Waals surface area contributed by atoms with Crippen molar-refractivity contribution in [2.45, 2.75) is 58.6 Å². The van der Waals surface area contributed by atoms with E-state index in [4.69, 9.17) is 11.6 Å². The lowest BCUT2D eigenvalue weighted by Crippen LogP contribution is -2.37. The molecule has 4 heteroatoms. The van der Waals surface area contributed by atoms with Crippen molar-refractivity contribution in [1.29, 1.82) is 0 Å². The number of hydrogen-bond acceptors (Lipinski definition) is 2. The van der Waals surface area contributed by atoms with Crippen molar-refractivity contribution in [1.82, 2.24) is 9.78 Å². The van der Waals surface area contributed by atoms with Gasteiger partial charge in [-0.1, -0.05) is 32.4 Å². The minimum absolute atomic E-state index is 0.528. The third-order valence-electron chi connectivity index (χ3n) is 3.85. The maximum Gasteiger partial charge on any atom is 0.108 e. The van der Waals surface area contributed by atoms with Gasteiger partial charge in [-0.05, 0) is 37.5 Å². The summed E-state index contributed by atoms with van der Waals surface area (Å²) in [4.78, 5) is 0. The van der Waals surface area contributed by atoms with E-state index < -0.39 is 5.60 Å². The molecule has 0 amide bonds. The number of hydrogen-bond donors (Lipinski definition) is 1. The second kappa shape index (κ2) is 5.22. The van der Waals surface area contributed by atoms with Crippen molar-refractivity contribution in [3.8, 4) is 0 Å². The van der Waals surface area contributed by atoms with E-state index in [2.05, 4.69) is 25.9 Å². The van der Waals surface area contributed by atoms with Crippen LogP contribution in [0.3, 0.4) is 0 Å². The van der Waals surface area contributed by atoms with E-state index in [1.165, 1.54) is 6.42 Å². The number of rotatable bonds is 3. The van der Waals surface area contributed by atoms with Gasteiger partial charge in [0.05, 0.1) is 16.9 Å². The molecule has 2 atom stereocenters. The van der Waals surface area contributed by atoms with Crippen LogP contribution in [0.1, 0.15) is 52.1 Å². The summed E-state index contributed by atoms with van der Waals surface area (Å²) >= 11 is 6.26. The molecular weight excluding hydrogens is 248 g/mol. The van der Waals surface area contributed by atoms with Crippen LogP contribution in [0.4, 0.5) is 0 Å². The van der Waals surface area contributed by atoms with Gasteiger partial charge in [-0.2, -0.15) is 5.10 Å². The Morgan fingerprint density at radius 1 is 1.44 bits per heavy atom. The first-order valence-corrected chi connectivity index (χ1v) is 7.28. The quantitative estimate of drug-likeness (QED) is 0.911. The Morgan fingerprint density at radius 3 is 2.61 bits per heavy atom. The molecule has 1 saturated carbocycles. The molecule has 1 aliphatic carbocycles. The highest BCUT2D eigenvalue weighted by molar-refractivity contribution is 6.31. The summed E-state index contributed by atoms with van der Waals surface area (Å²) in [5, 5.41) is 15.9. The first-order chi connectivity index (χ1) is 8.46. The summed E-state index contributed by atoms with van der Waals surface area (Å²) in [6.07, 6.45) is 5.40. The third-order valence-corrected chi connectivity index (χ3v) is 4.12. The van der Waals surface area contributed by atoms with E-state index in [1.54, 1.807) is 6.20 Å². The second-order valence-corrected chi connectivity index (χ2v) is 6.36. The van der Waals surface area contributed by atoms with Crippen molar-refractivity contribution in [2.75, 3.05) is 0 Å². The summed E-state index contributed by atoms with van der Waals surface area (Å²) in [6, 6.07) is 0. The minimum atomic E-state index is -0.806. The van der Waals surface area contributed by atoms with Crippen LogP contribution >= 0.6 is 11.6 Å². The van der Waals surface area contributed by atoms with E-state index >= 15 is 0 Å². The van der Waals surface area contributed by atoms with Gasteiger partial charge in [0, 0.05) is 6.54 Å². The SMILES string of the molecule is CCCn1ncc(Cl)c1C1(O)CC(C)CC(C)C1. The third kappa shape index (κ3) is 2.57. The molecule has 1 heterocycles. The first-order valence-electron chi connectivity index (χ1n) is 6.90. The molecule has 0 aromatic carbocycles. The minimum Gasteiger partial charge on any atom is -0.383 e. The van der Waals surface area contributed by atoms with Gasteiger partial charge in [0.15, 0.2) is 0 Å². The molecule has 0 aliphatic heterocycles.